The maximum absolute atomic E-state index is 13.6. The van der Waals surface area contributed by atoms with Crippen LogP contribution < -0.4 is 5.32 Å². The van der Waals surface area contributed by atoms with Crippen LogP contribution >= 0.6 is 0 Å². The predicted molar refractivity (Wildman–Crippen MR) is 148 cm³/mol. The molecule has 3 rings (SSSR count). The first-order valence-electron chi connectivity index (χ1n) is 12.8. The summed E-state index contributed by atoms with van der Waals surface area (Å²) < 4.78 is 27.8. The maximum Gasteiger partial charge on any atom is 0.243 e. The van der Waals surface area contributed by atoms with E-state index in [2.05, 4.69) is 5.32 Å². The van der Waals surface area contributed by atoms with Crippen molar-refractivity contribution < 1.29 is 18.0 Å². The van der Waals surface area contributed by atoms with Gasteiger partial charge in [-0.05, 0) is 54.7 Å². The summed E-state index contributed by atoms with van der Waals surface area (Å²) in [4.78, 5) is 28.3. The quantitative estimate of drug-likeness (QED) is 0.385. The highest BCUT2D eigenvalue weighted by Gasteiger charge is 2.32. The summed E-state index contributed by atoms with van der Waals surface area (Å²) in [6.07, 6.45) is 1.75. The molecule has 0 saturated heterocycles. The van der Waals surface area contributed by atoms with E-state index >= 15 is 0 Å². The molecule has 3 aromatic carbocycles. The van der Waals surface area contributed by atoms with Crippen LogP contribution in [0.4, 0.5) is 0 Å². The van der Waals surface area contributed by atoms with E-state index in [0.717, 1.165) is 27.1 Å². The standard InChI is InChI=1S/C29H37N3O4S/c1-5-22(3)30-29(34)27(6-2)32(19-18-23-12-8-7-9-13-23)28(33)21-31(4)37(35,36)26-17-16-24-14-10-11-15-25(24)20-26/h7-17,20,22,27H,5-6,18-19,21H2,1-4H3,(H,30,34)/t22-,27-/m1/s1. The molecular formula is C29H37N3O4S. The van der Waals surface area contributed by atoms with Gasteiger partial charge in [0.25, 0.3) is 0 Å². The number of benzene rings is 3. The summed E-state index contributed by atoms with van der Waals surface area (Å²) in [6, 6.07) is 21.5. The number of sulfonamides is 1. The van der Waals surface area contributed by atoms with Gasteiger partial charge in [0.15, 0.2) is 0 Å². The lowest BCUT2D eigenvalue weighted by Gasteiger charge is -2.32. The smallest absolute Gasteiger partial charge is 0.243 e. The Morgan fingerprint density at radius 3 is 2.19 bits per heavy atom. The number of likely N-dealkylation sites (N-methyl/N-ethyl adjacent to an activating group) is 1. The van der Waals surface area contributed by atoms with Gasteiger partial charge in [0.2, 0.25) is 21.8 Å². The summed E-state index contributed by atoms with van der Waals surface area (Å²) in [7, 11) is -2.52. The van der Waals surface area contributed by atoms with Crippen LogP contribution in [-0.2, 0) is 26.0 Å². The first-order valence-corrected chi connectivity index (χ1v) is 14.2. The van der Waals surface area contributed by atoms with Crippen molar-refractivity contribution in [3.63, 3.8) is 0 Å². The second-order valence-electron chi connectivity index (χ2n) is 9.33. The van der Waals surface area contributed by atoms with Gasteiger partial charge in [0, 0.05) is 19.6 Å². The Hall–Kier alpha value is -3.23. The zero-order chi connectivity index (χ0) is 27.0. The van der Waals surface area contributed by atoms with Crippen molar-refractivity contribution >= 4 is 32.6 Å². The molecule has 2 amide bonds. The lowest BCUT2D eigenvalue weighted by molar-refractivity contribution is -0.141. The number of carbonyl (C=O) groups excluding carboxylic acids is 2. The van der Waals surface area contributed by atoms with E-state index in [1.807, 2.05) is 75.4 Å². The average molecular weight is 524 g/mol. The van der Waals surface area contributed by atoms with Gasteiger partial charge in [-0.25, -0.2) is 8.42 Å². The molecule has 0 aliphatic heterocycles. The number of nitrogens with zero attached hydrogens (tertiary/aromatic N) is 2. The van der Waals surface area contributed by atoms with Gasteiger partial charge < -0.3 is 10.2 Å². The first-order chi connectivity index (χ1) is 17.7. The Morgan fingerprint density at radius 1 is 0.892 bits per heavy atom. The third-order valence-corrected chi connectivity index (χ3v) is 8.46. The van der Waals surface area contributed by atoms with Crippen molar-refractivity contribution in [2.45, 2.75) is 57.0 Å². The van der Waals surface area contributed by atoms with Crippen molar-refractivity contribution in [2.24, 2.45) is 0 Å². The van der Waals surface area contributed by atoms with Gasteiger partial charge >= 0.3 is 0 Å². The molecule has 3 aromatic rings. The molecule has 0 unspecified atom stereocenters. The number of rotatable bonds is 12. The summed E-state index contributed by atoms with van der Waals surface area (Å²) in [5.74, 6) is -0.632. The van der Waals surface area contributed by atoms with Gasteiger partial charge in [-0.3, -0.25) is 9.59 Å². The summed E-state index contributed by atoms with van der Waals surface area (Å²) >= 11 is 0. The third kappa shape index (κ3) is 7.17. The molecule has 0 heterocycles. The molecule has 0 saturated carbocycles. The number of fused-ring (bicyclic) bond motifs is 1. The molecule has 1 N–H and O–H groups in total. The fraction of sp³-hybridized carbons (Fsp3) is 0.379. The second-order valence-corrected chi connectivity index (χ2v) is 11.4. The fourth-order valence-electron chi connectivity index (χ4n) is 4.21. The van der Waals surface area contributed by atoms with Crippen molar-refractivity contribution in [3.8, 4) is 0 Å². The molecule has 0 radical (unpaired) electrons. The van der Waals surface area contributed by atoms with E-state index in [1.54, 1.807) is 18.2 Å². The van der Waals surface area contributed by atoms with Crippen molar-refractivity contribution in [1.29, 1.82) is 0 Å². The van der Waals surface area contributed by atoms with E-state index in [9.17, 15) is 18.0 Å². The number of hydrogen-bond acceptors (Lipinski definition) is 4. The van der Waals surface area contributed by atoms with E-state index in [0.29, 0.717) is 19.4 Å². The average Bonchev–Trinajstić information content (AvgIpc) is 2.90. The van der Waals surface area contributed by atoms with Crippen LogP contribution in [0.2, 0.25) is 0 Å². The molecule has 37 heavy (non-hydrogen) atoms. The monoisotopic (exact) mass is 523 g/mol. The van der Waals surface area contributed by atoms with Crippen LogP contribution in [0.25, 0.3) is 10.8 Å². The Bertz CT molecular complexity index is 1310. The number of carbonyl (C=O) groups is 2. The lowest BCUT2D eigenvalue weighted by Crippen LogP contribution is -2.53. The SMILES string of the molecule is CC[C@@H](C)NC(=O)[C@@H](CC)N(CCc1ccccc1)C(=O)CN(C)S(=O)(=O)c1ccc2ccccc2c1. The second kappa shape index (κ2) is 12.8. The zero-order valence-electron chi connectivity index (χ0n) is 22.1. The topological polar surface area (TPSA) is 86.8 Å². The van der Waals surface area contributed by atoms with E-state index < -0.39 is 22.0 Å². The summed E-state index contributed by atoms with van der Waals surface area (Å²) in [5.41, 5.74) is 1.04. The van der Waals surface area contributed by atoms with Crippen molar-refractivity contribution in [3.05, 3.63) is 78.4 Å². The van der Waals surface area contributed by atoms with E-state index in [-0.39, 0.29) is 23.4 Å². The van der Waals surface area contributed by atoms with E-state index in [4.69, 9.17) is 0 Å². The Morgan fingerprint density at radius 2 is 1.54 bits per heavy atom. The molecule has 198 valence electrons. The van der Waals surface area contributed by atoms with Crippen LogP contribution in [0.1, 0.15) is 39.2 Å². The van der Waals surface area contributed by atoms with Gasteiger partial charge in [0.05, 0.1) is 11.4 Å². The van der Waals surface area contributed by atoms with Gasteiger partial charge in [0.1, 0.15) is 6.04 Å². The molecule has 0 fully saturated rings. The molecular weight excluding hydrogens is 486 g/mol. The third-order valence-electron chi connectivity index (χ3n) is 6.66. The van der Waals surface area contributed by atoms with Crippen molar-refractivity contribution in [1.82, 2.24) is 14.5 Å². The van der Waals surface area contributed by atoms with Crippen LogP contribution in [0, 0.1) is 0 Å². The first kappa shape index (κ1) is 28.3. The Labute approximate surface area is 220 Å². The predicted octanol–water partition coefficient (Wildman–Crippen LogP) is 4.22. The highest BCUT2D eigenvalue weighted by atomic mass is 32.2. The highest BCUT2D eigenvalue weighted by Crippen LogP contribution is 2.21. The minimum absolute atomic E-state index is 0.0245. The molecule has 0 bridgehead atoms. The minimum Gasteiger partial charge on any atom is -0.352 e. The Kier molecular flexibility index (Phi) is 9.83. The van der Waals surface area contributed by atoms with Crippen molar-refractivity contribution in [2.75, 3.05) is 20.1 Å². The fourth-order valence-corrected chi connectivity index (χ4v) is 5.37. The largest absolute Gasteiger partial charge is 0.352 e. The highest BCUT2D eigenvalue weighted by molar-refractivity contribution is 7.89. The Balaban J connectivity index is 1.83. The normalized spacial score (nSPS) is 13.3. The van der Waals surface area contributed by atoms with Crippen LogP contribution in [-0.4, -0.2) is 61.7 Å². The number of nitrogens with one attached hydrogen (secondary N) is 1. The summed E-state index contributed by atoms with van der Waals surface area (Å²) in [5, 5.41) is 4.72. The molecule has 0 aliphatic rings. The minimum atomic E-state index is -3.92. The maximum atomic E-state index is 13.6. The summed E-state index contributed by atoms with van der Waals surface area (Å²) in [6.45, 7) is 5.71. The number of hydrogen-bond donors (Lipinski definition) is 1. The molecule has 8 heteroatoms. The van der Waals surface area contributed by atoms with Gasteiger partial charge in [-0.2, -0.15) is 4.31 Å². The van der Waals surface area contributed by atoms with Gasteiger partial charge in [-0.1, -0.05) is 74.5 Å². The lowest BCUT2D eigenvalue weighted by atomic mass is 10.1. The molecule has 0 spiro atoms. The van der Waals surface area contributed by atoms with Crippen LogP contribution in [0.15, 0.2) is 77.7 Å². The molecule has 0 aromatic heterocycles. The molecule has 2 atom stereocenters. The molecule has 7 nitrogen and oxygen atoms in total. The number of amides is 2. The van der Waals surface area contributed by atoms with E-state index in [1.165, 1.54) is 11.9 Å². The van der Waals surface area contributed by atoms with Gasteiger partial charge in [-0.15, -0.1) is 0 Å². The molecule has 0 aliphatic carbocycles. The zero-order valence-corrected chi connectivity index (χ0v) is 22.9. The van der Waals surface area contributed by atoms with Crippen LogP contribution in [0.3, 0.4) is 0 Å². The van der Waals surface area contributed by atoms with Crippen LogP contribution in [0.5, 0.6) is 0 Å².